The molecule has 0 aliphatic rings. The first-order valence-electron chi connectivity index (χ1n) is 3.61. The molecule has 1 rings (SSSR count). The summed E-state index contributed by atoms with van der Waals surface area (Å²) in [5, 5.41) is 8.84. The third-order valence-corrected chi connectivity index (χ3v) is 3.05. The average Bonchev–Trinajstić information content (AvgIpc) is 2.03. The van der Waals surface area contributed by atoms with Crippen LogP contribution in [0, 0.1) is 25.2 Å². The van der Waals surface area contributed by atoms with Crippen molar-refractivity contribution in [3.05, 3.63) is 22.9 Å². The van der Waals surface area contributed by atoms with Crippen LogP contribution in [-0.2, 0) is 0 Å². The van der Waals surface area contributed by atoms with Crippen LogP contribution in [-0.4, -0.2) is 19.9 Å². The second kappa shape index (κ2) is 3.71. The van der Waals surface area contributed by atoms with Crippen molar-refractivity contribution in [1.29, 1.82) is 5.26 Å². The normalized spacial score (nSPS) is 9.50. The van der Waals surface area contributed by atoms with Gasteiger partial charge in [-0.05, 0) is 0 Å². The molecule has 62 valence electrons. The second-order valence-corrected chi connectivity index (χ2v) is 4.24. The number of pyridine rings is 1. The van der Waals surface area contributed by atoms with Crippen LogP contribution in [0.2, 0.25) is 5.82 Å². The average molecular weight is 225 g/mol. The van der Waals surface area contributed by atoms with Gasteiger partial charge < -0.3 is 0 Å². The number of nitriles is 1. The van der Waals surface area contributed by atoms with Crippen LogP contribution in [0.1, 0.15) is 16.8 Å². The summed E-state index contributed by atoms with van der Waals surface area (Å²) in [7, 11) is 0. The van der Waals surface area contributed by atoms with E-state index < -0.39 is 0 Å². The Labute approximate surface area is 78.8 Å². The Bertz CT molecular complexity index is 339. The fourth-order valence-corrected chi connectivity index (χ4v) is 2.44. The Morgan fingerprint density at radius 1 is 1.50 bits per heavy atom. The predicted molar refractivity (Wildman–Crippen MR) is 49.7 cm³/mol. The number of hydrogen-bond donors (Lipinski definition) is 0. The van der Waals surface area contributed by atoms with Crippen LogP contribution < -0.4 is 4.59 Å². The summed E-state index contributed by atoms with van der Waals surface area (Å²) in [6.07, 6.45) is 0. The van der Waals surface area contributed by atoms with Gasteiger partial charge in [0.15, 0.2) is 0 Å². The van der Waals surface area contributed by atoms with Gasteiger partial charge in [-0.2, -0.15) is 0 Å². The molecule has 1 aromatic rings. The summed E-state index contributed by atoms with van der Waals surface area (Å²) >= 11 is 0.307. The van der Waals surface area contributed by atoms with Gasteiger partial charge in [0.1, 0.15) is 0 Å². The quantitative estimate of drug-likeness (QED) is 0.667. The molecular formula is C9H10N2Se. The van der Waals surface area contributed by atoms with Crippen LogP contribution in [0.25, 0.3) is 0 Å². The number of hydrogen-bond acceptors (Lipinski definition) is 2. The molecule has 0 fully saturated rings. The van der Waals surface area contributed by atoms with Gasteiger partial charge in [0, 0.05) is 0 Å². The third-order valence-electron chi connectivity index (χ3n) is 1.62. The summed E-state index contributed by atoms with van der Waals surface area (Å²) in [6, 6.07) is 4.15. The van der Waals surface area contributed by atoms with E-state index in [1.165, 1.54) is 0 Å². The zero-order valence-corrected chi connectivity index (χ0v) is 9.09. The van der Waals surface area contributed by atoms with Gasteiger partial charge in [0.05, 0.1) is 0 Å². The van der Waals surface area contributed by atoms with Crippen molar-refractivity contribution in [1.82, 2.24) is 4.98 Å². The molecule has 2 nitrogen and oxygen atoms in total. The van der Waals surface area contributed by atoms with Crippen LogP contribution in [0.3, 0.4) is 0 Å². The van der Waals surface area contributed by atoms with Gasteiger partial charge in [0.2, 0.25) is 0 Å². The van der Waals surface area contributed by atoms with E-state index in [4.69, 9.17) is 5.26 Å². The van der Waals surface area contributed by atoms with E-state index in [1.54, 1.807) is 0 Å². The molecule has 0 N–H and O–H groups in total. The first kappa shape index (κ1) is 9.25. The van der Waals surface area contributed by atoms with Crippen LogP contribution in [0.5, 0.6) is 0 Å². The molecule has 1 heterocycles. The van der Waals surface area contributed by atoms with Gasteiger partial charge in [-0.25, -0.2) is 0 Å². The van der Waals surface area contributed by atoms with Crippen molar-refractivity contribution in [2.75, 3.05) is 0 Å². The second-order valence-electron chi connectivity index (χ2n) is 2.58. The van der Waals surface area contributed by atoms with Crippen molar-refractivity contribution < 1.29 is 0 Å². The Morgan fingerprint density at radius 2 is 2.17 bits per heavy atom. The third kappa shape index (κ3) is 1.66. The summed E-state index contributed by atoms with van der Waals surface area (Å²) in [5.41, 5.74) is 2.82. The van der Waals surface area contributed by atoms with Crippen molar-refractivity contribution in [3.8, 4) is 6.07 Å². The van der Waals surface area contributed by atoms with Gasteiger partial charge in [-0.1, -0.05) is 0 Å². The van der Waals surface area contributed by atoms with E-state index in [0.29, 0.717) is 15.0 Å². The molecule has 0 radical (unpaired) electrons. The molecular weight excluding hydrogens is 215 g/mol. The number of rotatable bonds is 1. The maximum absolute atomic E-state index is 8.84. The summed E-state index contributed by atoms with van der Waals surface area (Å²) in [6.45, 7) is 3.92. The topological polar surface area (TPSA) is 36.7 Å². The summed E-state index contributed by atoms with van der Waals surface area (Å²) in [4.78, 5) is 4.33. The minimum atomic E-state index is 0.307. The van der Waals surface area contributed by atoms with Gasteiger partial charge in [0.25, 0.3) is 0 Å². The zero-order chi connectivity index (χ0) is 9.14. The molecule has 0 aliphatic carbocycles. The molecule has 0 amide bonds. The molecule has 0 saturated heterocycles. The molecule has 0 aromatic carbocycles. The molecule has 1 aromatic heterocycles. The standard InChI is InChI=1S/C9H10N2Se/c1-6-4-7(2)11-9(12-3)8(6)5-10/h4H,1-3H3. The Kier molecular flexibility index (Phi) is 2.86. The Hall–Kier alpha value is -0.841. The Morgan fingerprint density at radius 3 is 2.67 bits per heavy atom. The van der Waals surface area contributed by atoms with Crippen LogP contribution in [0.15, 0.2) is 6.07 Å². The van der Waals surface area contributed by atoms with Gasteiger partial charge >= 0.3 is 78.4 Å². The first-order valence-corrected chi connectivity index (χ1v) is 6.18. The van der Waals surface area contributed by atoms with E-state index in [-0.39, 0.29) is 0 Å². The van der Waals surface area contributed by atoms with Crippen molar-refractivity contribution in [2.24, 2.45) is 0 Å². The minimum absolute atomic E-state index is 0.307. The predicted octanol–water partition coefficient (Wildman–Crippen LogP) is 0.948. The van der Waals surface area contributed by atoms with E-state index in [1.807, 2.05) is 19.9 Å². The van der Waals surface area contributed by atoms with Crippen LogP contribution >= 0.6 is 0 Å². The number of nitrogens with zero attached hydrogens (tertiary/aromatic N) is 2. The van der Waals surface area contributed by atoms with E-state index >= 15 is 0 Å². The van der Waals surface area contributed by atoms with E-state index in [9.17, 15) is 0 Å². The van der Waals surface area contributed by atoms with Crippen molar-refractivity contribution in [2.45, 2.75) is 19.7 Å². The fraction of sp³-hybridized carbons (Fsp3) is 0.333. The van der Waals surface area contributed by atoms with E-state index in [0.717, 1.165) is 21.4 Å². The van der Waals surface area contributed by atoms with Crippen molar-refractivity contribution >= 4 is 19.5 Å². The first-order chi connectivity index (χ1) is 5.69. The molecule has 0 bridgehead atoms. The molecule has 0 aliphatic heterocycles. The molecule has 0 unspecified atom stereocenters. The fourth-order valence-electron chi connectivity index (χ4n) is 1.09. The maximum atomic E-state index is 8.84. The van der Waals surface area contributed by atoms with E-state index in [2.05, 4.69) is 16.9 Å². The SMILES string of the molecule is C[Se]c1nc(C)cc(C)c1C#N. The monoisotopic (exact) mass is 226 g/mol. The van der Waals surface area contributed by atoms with Crippen molar-refractivity contribution in [3.63, 3.8) is 0 Å². The molecule has 0 spiro atoms. The number of aromatic nitrogens is 1. The zero-order valence-electron chi connectivity index (χ0n) is 7.38. The Balaban J connectivity index is 3.36. The van der Waals surface area contributed by atoms with Crippen LogP contribution in [0.4, 0.5) is 0 Å². The molecule has 12 heavy (non-hydrogen) atoms. The number of aryl methyl sites for hydroxylation is 2. The van der Waals surface area contributed by atoms with Gasteiger partial charge in [-0.3, -0.25) is 0 Å². The molecule has 0 atom stereocenters. The molecule has 3 heteroatoms. The van der Waals surface area contributed by atoms with Gasteiger partial charge in [-0.15, -0.1) is 0 Å². The summed E-state index contributed by atoms with van der Waals surface area (Å²) < 4.78 is 0.975. The molecule has 0 saturated carbocycles. The summed E-state index contributed by atoms with van der Waals surface area (Å²) in [5.74, 6) is 2.08.